The monoisotopic (exact) mass is 296 g/mol. The Balaban J connectivity index is 0. The van der Waals surface area contributed by atoms with Gasteiger partial charge in [0.05, 0.1) is 0 Å². The number of nitrogens with two attached hydrogens (primary N) is 1. The SMILES string of the molecule is C=CCS.CC(C)N(C(N)=O)C(C)C.c1ccccc1. The minimum absolute atomic E-state index is 0.192. The Bertz CT molecular complexity index is 305. The molecule has 0 saturated carbocycles. The molecule has 0 aromatic heterocycles. The number of hydrogen-bond acceptors (Lipinski definition) is 2. The lowest BCUT2D eigenvalue weighted by Crippen LogP contribution is -2.45. The maximum absolute atomic E-state index is 10.7. The van der Waals surface area contributed by atoms with Crippen molar-refractivity contribution < 1.29 is 4.79 Å². The Morgan fingerprint density at radius 3 is 1.40 bits per heavy atom. The van der Waals surface area contributed by atoms with E-state index in [2.05, 4.69) is 19.2 Å². The fourth-order valence-corrected chi connectivity index (χ4v) is 1.49. The number of nitrogens with zero attached hydrogens (tertiary/aromatic N) is 1. The predicted molar refractivity (Wildman–Crippen MR) is 92.2 cm³/mol. The largest absolute Gasteiger partial charge is 0.351 e. The molecule has 1 rings (SSSR count). The highest BCUT2D eigenvalue weighted by molar-refractivity contribution is 7.80. The zero-order chi connectivity index (χ0) is 16.0. The van der Waals surface area contributed by atoms with E-state index < -0.39 is 0 Å². The highest BCUT2D eigenvalue weighted by Gasteiger charge is 2.15. The van der Waals surface area contributed by atoms with Gasteiger partial charge in [-0.05, 0) is 27.7 Å². The number of primary amides is 1. The van der Waals surface area contributed by atoms with Gasteiger partial charge in [-0.15, -0.1) is 6.58 Å². The van der Waals surface area contributed by atoms with E-state index in [9.17, 15) is 4.79 Å². The molecule has 0 aliphatic heterocycles. The summed E-state index contributed by atoms with van der Waals surface area (Å²) in [6, 6.07) is 12.0. The van der Waals surface area contributed by atoms with Gasteiger partial charge < -0.3 is 10.6 Å². The van der Waals surface area contributed by atoms with Crippen molar-refractivity contribution >= 4 is 18.7 Å². The lowest BCUT2D eigenvalue weighted by molar-refractivity contribution is 0.174. The highest BCUT2D eigenvalue weighted by Crippen LogP contribution is 2.02. The summed E-state index contributed by atoms with van der Waals surface area (Å²) >= 11 is 3.80. The van der Waals surface area contributed by atoms with E-state index in [-0.39, 0.29) is 18.1 Å². The van der Waals surface area contributed by atoms with Gasteiger partial charge in [-0.25, -0.2) is 4.79 Å². The second-order valence-corrected chi connectivity index (χ2v) is 4.92. The molecule has 2 N–H and O–H groups in total. The minimum Gasteiger partial charge on any atom is -0.351 e. The van der Waals surface area contributed by atoms with Gasteiger partial charge in [0.25, 0.3) is 0 Å². The predicted octanol–water partition coefficient (Wildman–Crippen LogP) is 3.97. The first-order valence-electron chi connectivity index (χ1n) is 6.67. The minimum atomic E-state index is -0.343. The smallest absolute Gasteiger partial charge is 0.315 e. The first-order chi connectivity index (χ1) is 9.38. The van der Waals surface area contributed by atoms with Crippen LogP contribution >= 0.6 is 12.6 Å². The van der Waals surface area contributed by atoms with Crippen LogP contribution in [-0.2, 0) is 0 Å². The standard InChI is InChI=1S/C7H16N2O.C6H6.C3H6S/c1-5(2)9(6(3)4)7(8)10;1-2-4-6-5-3-1;1-2-3-4/h5-6H,1-4H3,(H2,8,10);1-6H;2,4H,1,3H2. The molecule has 0 heterocycles. The third-order valence-electron chi connectivity index (χ3n) is 2.16. The van der Waals surface area contributed by atoms with Crippen molar-refractivity contribution in [1.29, 1.82) is 0 Å². The number of benzene rings is 1. The Morgan fingerprint density at radius 1 is 1.10 bits per heavy atom. The number of rotatable bonds is 3. The van der Waals surface area contributed by atoms with Gasteiger partial charge in [-0.3, -0.25) is 0 Å². The number of carbonyl (C=O) groups is 1. The normalized spacial score (nSPS) is 8.95. The number of urea groups is 1. The van der Waals surface area contributed by atoms with Gasteiger partial charge >= 0.3 is 6.03 Å². The van der Waals surface area contributed by atoms with E-state index >= 15 is 0 Å². The Labute approximate surface area is 129 Å². The third kappa shape index (κ3) is 13.0. The molecule has 1 aromatic carbocycles. The molecule has 0 unspecified atom stereocenters. The van der Waals surface area contributed by atoms with Gasteiger partial charge in [-0.2, -0.15) is 12.6 Å². The van der Waals surface area contributed by atoms with Gasteiger partial charge in [-0.1, -0.05) is 42.5 Å². The van der Waals surface area contributed by atoms with E-state index in [0.29, 0.717) is 0 Å². The summed E-state index contributed by atoms with van der Waals surface area (Å²) in [5.74, 6) is 0.778. The fourth-order valence-electron chi connectivity index (χ4n) is 1.49. The fraction of sp³-hybridized carbons (Fsp3) is 0.438. The molecule has 0 aliphatic rings. The van der Waals surface area contributed by atoms with E-state index in [4.69, 9.17) is 5.73 Å². The summed E-state index contributed by atoms with van der Waals surface area (Å²) in [5.41, 5.74) is 5.13. The quantitative estimate of drug-likeness (QED) is 0.643. The van der Waals surface area contributed by atoms with Crippen LogP contribution in [0.1, 0.15) is 27.7 Å². The maximum atomic E-state index is 10.7. The lowest BCUT2D eigenvalue weighted by atomic mass is 10.2. The van der Waals surface area contributed by atoms with Gasteiger partial charge in [0.15, 0.2) is 0 Å². The van der Waals surface area contributed by atoms with E-state index in [1.54, 1.807) is 11.0 Å². The van der Waals surface area contributed by atoms with Crippen LogP contribution in [0.3, 0.4) is 0 Å². The molecule has 0 atom stereocenters. The van der Waals surface area contributed by atoms with E-state index in [1.165, 1.54) is 0 Å². The molecule has 0 radical (unpaired) electrons. The first kappa shape index (κ1) is 20.9. The topological polar surface area (TPSA) is 46.3 Å². The lowest BCUT2D eigenvalue weighted by Gasteiger charge is -2.28. The Morgan fingerprint density at radius 2 is 1.35 bits per heavy atom. The number of carbonyl (C=O) groups excluding carboxylic acids is 1. The van der Waals surface area contributed by atoms with Crippen molar-refractivity contribution in [3.63, 3.8) is 0 Å². The van der Waals surface area contributed by atoms with Gasteiger partial charge in [0.2, 0.25) is 0 Å². The molecule has 0 bridgehead atoms. The summed E-state index contributed by atoms with van der Waals surface area (Å²) in [5, 5.41) is 0. The van der Waals surface area contributed by atoms with Crippen LogP contribution in [0.25, 0.3) is 0 Å². The molecule has 114 valence electrons. The Hall–Kier alpha value is -1.42. The molecule has 20 heavy (non-hydrogen) atoms. The van der Waals surface area contributed by atoms with Crippen molar-refractivity contribution in [3.05, 3.63) is 49.1 Å². The average molecular weight is 296 g/mol. The first-order valence-corrected chi connectivity index (χ1v) is 7.31. The van der Waals surface area contributed by atoms with Crippen molar-refractivity contribution in [2.45, 2.75) is 39.8 Å². The molecule has 2 amide bonds. The zero-order valence-corrected chi connectivity index (χ0v) is 13.9. The molecule has 4 heteroatoms. The molecule has 0 spiro atoms. The van der Waals surface area contributed by atoms with Crippen LogP contribution < -0.4 is 5.73 Å². The zero-order valence-electron chi connectivity index (χ0n) is 13.0. The van der Waals surface area contributed by atoms with Crippen LogP contribution in [0.4, 0.5) is 4.79 Å². The van der Waals surface area contributed by atoms with Crippen molar-refractivity contribution in [3.8, 4) is 0 Å². The highest BCUT2D eigenvalue weighted by atomic mass is 32.1. The van der Waals surface area contributed by atoms with Gasteiger partial charge in [0, 0.05) is 17.8 Å². The van der Waals surface area contributed by atoms with Crippen molar-refractivity contribution in [2.75, 3.05) is 5.75 Å². The second kappa shape index (κ2) is 14.0. The molecule has 3 nitrogen and oxygen atoms in total. The molecule has 1 aromatic rings. The average Bonchev–Trinajstić information content (AvgIpc) is 2.40. The van der Waals surface area contributed by atoms with Gasteiger partial charge in [0.1, 0.15) is 0 Å². The second-order valence-electron chi connectivity index (χ2n) is 4.56. The van der Waals surface area contributed by atoms with E-state index in [0.717, 1.165) is 5.75 Å². The van der Waals surface area contributed by atoms with Crippen molar-refractivity contribution in [2.24, 2.45) is 5.73 Å². The van der Waals surface area contributed by atoms with Crippen molar-refractivity contribution in [1.82, 2.24) is 4.90 Å². The molecule has 0 saturated heterocycles. The van der Waals surface area contributed by atoms with Crippen LogP contribution in [-0.4, -0.2) is 28.8 Å². The molecule has 0 aliphatic carbocycles. The summed E-state index contributed by atoms with van der Waals surface area (Å²) < 4.78 is 0. The summed E-state index contributed by atoms with van der Waals surface area (Å²) in [7, 11) is 0. The number of thiol groups is 1. The number of hydrogen-bond donors (Lipinski definition) is 2. The van der Waals surface area contributed by atoms with Crippen LogP contribution in [0, 0.1) is 0 Å². The molecule has 0 fully saturated rings. The van der Waals surface area contributed by atoms with E-state index in [1.807, 2.05) is 64.1 Å². The molecular formula is C16H28N2OS. The summed E-state index contributed by atoms with van der Waals surface area (Å²) in [6.45, 7) is 11.2. The molecular weight excluding hydrogens is 268 g/mol. The van der Waals surface area contributed by atoms with Crippen LogP contribution in [0.15, 0.2) is 49.1 Å². The summed E-state index contributed by atoms with van der Waals surface area (Å²) in [6.07, 6.45) is 1.74. The third-order valence-corrected chi connectivity index (χ3v) is 2.42. The summed E-state index contributed by atoms with van der Waals surface area (Å²) in [4.78, 5) is 12.4. The Kier molecular flexibility index (Phi) is 14.6. The maximum Gasteiger partial charge on any atom is 0.315 e. The van der Waals surface area contributed by atoms with Crippen LogP contribution in [0.5, 0.6) is 0 Å². The van der Waals surface area contributed by atoms with Crippen LogP contribution in [0.2, 0.25) is 0 Å². The number of amides is 2.